The summed E-state index contributed by atoms with van der Waals surface area (Å²) in [5.74, 6) is -0.908. The van der Waals surface area contributed by atoms with Crippen LogP contribution in [0.2, 0.25) is 0 Å². The number of aliphatic hydroxyl groups is 1. The molecule has 1 unspecified atom stereocenters. The molecule has 0 aliphatic carbocycles. The van der Waals surface area contributed by atoms with Crippen molar-refractivity contribution in [1.82, 2.24) is 0 Å². The lowest BCUT2D eigenvalue weighted by molar-refractivity contribution is -0.938. The first-order chi connectivity index (χ1) is 12.8. The molecule has 4 rings (SSSR count). The molecule has 9 heteroatoms. The van der Waals surface area contributed by atoms with Crippen molar-refractivity contribution < 1.29 is 28.9 Å². The topological polar surface area (TPSA) is 125 Å². The molecule has 0 amide bonds. The molecule has 1 N–H and O–H groups in total. The lowest BCUT2D eigenvalue weighted by Gasteiger charge is -2.45. The number of hydrogen-bond donors (Lipinski definition) is 1. The zero-order chi connectivity index (χ0) is 19.8. The van der Waals surface area contributed by atoms with E-state index in [1.54, 1.807) is 0 Å². The summed E-state index contributed by atoms with van der Waals surface area (Å²) in [5.41, 5.74) is 0.807. The number of esters is 1. The third-order valence-corrected chi connectivity index (χ3v) is 5.99. The molecular formula is C18H24N2O7. The number of likely N-dealkylation sites (N-methyl/N-ethyl adjacent to an activating group) is 1. The highest BCUT2D eigenvalue weighted by molar-refractivity contribution is 5.78. The van der Waals surface area contributed by atoms with Gasteiger partial charge in [-0.15, -0.1) is 0 Å². The molecule has 1 aromatic carbocycles. The smallest absolute Gasteiger partial charge is 0.316 e. The molecule has 148 valence electrons. The standard InChI is InChI=1S/C18H24NO4.NO3/c1-19(2)14-8-12(9-15(19)17-16(14)23-17)22-18(21)13(10-20)11-6-4-3-5-7-11;2-1(3)4/h3-7,12-17,20H,8-10H2,1-2H3;/q+1;-1/t12?,13-,14-,15+,16-,17+;/m1./s1. The number of nitrogens with zero attached hydrogens (tertiary/aromatic N) is 2. The highest BCUT2D eigenvalue weighted by Crippen LogP contribution is 2.51. The summed E-state index contributed by atoms with van der Waals surface area (Å²) in [6.07, 6.45) is 2.34. The fourth-order valence-electron chi connectivity index (χ4n) is 4.55. The monoisotopic (exact) mass is 380 g/mol. The lowest BCUT2D eigenvalue weighted by atomic mass is 9.95. The van der Waals surface area contributed by atoms with Crippen molar-refractivity contribution >= 4 is 5.97 Å². The number of epoxide rings is 1. The summed E-state index contributed by atoms with van der Waals surface area (Å²) >= 11 is 0. The van der Waals surface area contributed by atoms with Crippen molar-refractivity contribution in [2.75, 3.05) is 20.7 Å². The molecule has 0 aromatic heterocycles. The molecule has 3 saturated heterocycles. The van der Waals surface area contributed by atoms with E-state index in [4.69, 9.17) is 24.8 Å². The molecule has 0 spiro atoms. The first-order valence-corrected chi connectivity index (χ1v) is 8.92. The van der Waals surface area contributed by atoms with Crippen LogP contribution in [0.4, 0.5) is 0 Å². The van der Waals surface area contributed by atoms with Crippen LogP contribution in [0.3, 0.4) is 0 Å². The van der Waals surface area contributed by atoms with Crippen molar-refractivity contribution in [2.24, 2.45) is 0 Å². The molecule has 0 radical (unpaired) electrons. The predicted molar refractivity (Wildman–Crippen MR) is 94.1 cm³/mol. The van der Waals surface area contributed by atoms with Crippen molar-refractivity contribution in [3.8, 4) is 0 Å². The number of carbonyl (C=O) groups is 1. The minimum atomic E-state index is -1.75. The Kier molecular flexibility index (Phi) is 5.36. The first kappa shape index (κ1) is 19.5. The van der Waals surface area contributed by atoms with Crippen molar-refractivity contribution in [1.29, 1.82) is 0 Å². The summed E-state index contributed by atoms with van der Waals surface area (Å²) in [5, 5.41) is 24.4. The van der Waals surface area contributed by atoms with Gasteiger partial charge in [-0.25, -0.2) is 0 Å². The predicted octanol–water partition coefficient (Wildman–Crippen LogP) is 0.824. The summed E-state index contributed by atoms with van der Waals surface area (Å²) in [6.45, 7) is -0.224. The number of rotatable bonds is 4. The number of ether oxygens (including phenoxy) is 2. The third-order valence-electron chi connectivity index (χ3n) is 5.99. The van der Waals surface area contributed by atoms with E-state index in [-0.39, 0.29) is 18.7 Å². The third kappa shape index (κ3) is 3.90. The van der Waals surface area contributed by atoms with Crippen LogP contribution in [0.1, 0.15) is 24.3 Å². The van der Waals surface area contributed by atoms with E-state index in [9.17, 15) is 9.90 Å². The Bertz CT molecular complexity index is 672. The second-order valence-electron chi connectivity index (χ2n) is 7.73. The van der Waals surface area contributed by atoms with Gasteiger partial charge in [0, 0.05) is 12.8 Å². The minimum Gasteiger partial charge on any atom is -0.461 e. The van der Waals surface area contributed by atoms with Crippen LogP contribution < -0.4 is 0 Å². The van der Waals surface area contributed by atoms with E-state index in [0.717, 1.165) is 22.9 Å². The molecular weight excluding hydrogens is 356 g/mol. The maximum Gasteiger partial charge on any atom is 0.316 e. The van der Waals surface area contributed by atoms with E-state index in [2.05, 4.69) is 14.1 Å². The molecule has 27 heavy (non-hydrogen) atoms. The van der Waals surface area contributed by atoms with Gasteiger partial charge in [-0.1, -0.05) is 30.3 Å². The Morgan fingerprint density at radius 3 is 2.26 bits per heavy atom. The number of carbonyl (C=O) groups excluding carboxylic acids is 1. The van der Waals surface area contributed by atoms with Crippen LogP contribution in [0.25, 0.3) is 0 Å². The van der Waals surface area contributed by atoms with Crippen molar-refractivity contribution in [3.63, 3.8) is 0 Å². The van der Waals surface area contributed by atoms with Crippen LogP contribution in [0, 0.1) is 15.3 Å². The lowest BCUT2D eigenvalue weighted by Crippen LogP contribution is -2.60. The highest BCUT2D eigenvalue weighted by Gasteiger charge is 2.70. The average molecular weight is 380 g/mol. The van der Waals surface area contributed by atoms with Gasteiger partial charge in [0.05, 0.1) is 25.8 Å². The van der Waals surface area contributed by atoms with Gasteiger partial charge in [-0.3, -0.25) is 4.79 Å². The minimum absolute atomic E-state index is 0.0576. The summed E-state index contributed by atoms with van der Waals surface area (Å²) < 4.78 is 12.5. The Balaban J connectivity index is 0.000000481. The number of fused-ring (bicyclic) bond motifs is 5. The normalized spacial score (nSPS) is 33.1. The number of morpholine rings is 1. The zero-order valence-electron chi connectivity index (χ0n) is 15.3. The van der Waals surface area contributed by atoms with E-state index >= 15 is 0 Å². The van der Waals surface area contributed by atoms with Gasteiger partial charge in [0.2, 0.25) is 0 Å². The van der Waals surface area contributed by atoms with Gasteiger partial charge in [-0.2, -0.15) is 0 Å². The van der Waals surface area contributed by atoms with Crippen molar-refractivity contribution in [2.45, 2.75) is 49.2 Å². The van der Waals surface area contributed by atoms with E-state index in [1.165, 1.54) is 0 Å². The fourth-order valence-corrected chi connectivity index (χ4v) is 4.55. The number of piperidine rings is 1. The van der Waals surface area contributed by atoms with Gasteiger partial charge < -0.3 is 34.4 Å². The second-order valence-corrected chi connectivity index (χ2v) is 7.73. The average Bonchev–Trinajstić information content (AvgIpc) is 3.34. The molecule has 0 saturated carbocycles. The highest BCUT2D eigenvalue weighted by atomic mass is 16.9. The Morgan fingerprint density at radius 2 is 1.78 bits per heavy atom. The molecule has 3 heterocycles. The molecule has 6 atom stereocenters. The van der Waals surface area contributed by atoms with E-state index in [1.807, 2.05) is 30.3 Å². The van der Waals surface area contributed by atoms with Crippen LogP contribution >= 0.6 is 0 Å². The van der Waals surface area contributed by atoms with Crippen LogP contribution in [0.15, 0.2) is 30.3 Å². The number of hydrogen-bond acceptors (Lipinski definition) is 7. The maximum atomic E-state index is 12.5. The molecule has 9 nitrogen and oxygen atoms in total. The zero-order valence-corrected chi connectivity index (χ0v) is 15.3. The number of aliphatic hydroxyl groups excluding tert-OH is 1. The van der Waals surface area contributed by atoms with Gasteiger partial charge in [-0.05, 0) is 5.56 Å². The molecule has 3 fully saturated rings. The molecule has 2 bridgehead atoms. The Morgan fingerprint density at radius 1 is 1.26 bits per heavy atom. The number of quaternary nitrogens is 1. The van der Waals surface area contributed by atoms with Gasteiger partial charge in [0.15, 0.2) is 0 Å². The van der Waals surface area contributed by atoms with Crippen molar-refractivity contribution in [3.05, 3.63) is 51.2 Å². The van der Waals surface area contributed by atoms with Crippen LogP contribution in [-0.2, 0) is 14.3 Å². The first-order valence-electron chi connectivity index (χ1n) is 8.92. The largest absolute Gasteiger partial charge is 0.461 e. The number of benzene rings is 1. The summed E-state index contributed by atoms with van der Waals surface area (Å²) in [6, 6.07) is 10.2. The second kappa shape index (κ2) is 7.41. The van der Waals surface area contributed by atoms with E-state index in [0.29, 0.717) is 24.3 Å². The summed E-state index contributed by atoms with van der Waals surface area (Å²) in [4.78, 5) is 20.8. The molecule has 1 aromatic rings. The van der Waals surface area contributed by atoms with Gasteiger partial charge in [0.25, 0.3) is 0 Å². The van der Waals surface area contributed by atoms with E-state index < -0.39 is 11.0 Å². The molecule has 3 aliphatic rings. The van der Waals surface area contributed by atoms with Gasteiger partial charge in [0.1, 0.15) is 36.3 Å². The quantitative estimate of drug-likeness (QED) is 0.269. The maximum absolute atomic E-state index is 12.5. The van der Waals surface area contributed by atoms with Crippen LogP contribution in [-0.4, -0.2) is 71.7 Å². The molecule has 3 aliphatic heterocycles. The van der Waals surface area contributed by atoms with Crippen LogP contribution in [0.5, 0.6) is 0 Å². The van der Waals surface area contributed by atoms with Gasteiger partial charge >= 0.3 is 5.97 Å². The fraction of sp³-hybridized carbons (Fsp3) is 0.611. The SMILES string of the molecule is C[N+]1(C)[C@@H]2CC(OC(=O)[C@H](CO)c3ccccc3)C[C@H]1[C@@H]1O[C@@H]12.O=[N+]([O-])[O-]. The Labute approximate surface area is 156 Å². The Hall–Kier alpha value is -2.23. The summed E-state index contributed by atoms with van der Waals surface area (Å²) in [7, 11) is 4.51.